The zero-order valence-electron chi connectivity index (χ0n) is 11.2. The number of rotatable bonds is 3. The lowest BCUT2D eigenvalue weighted by Crippen LogP contribution is -2.39. The van der Waals surface area contributed by atoms with Gasteiger partial charge in [-0.15, -0.1) is 0 Å². The van der Waals surface area contributed by atoms with Crippen LogP contribution in [-0.4, -0.2) is 30.8 Å². The van der Waals surface area contributed by atoms with Crippen LogP contribution in [0, 0.1) is 5.92 Å². The van der Waals surface area contributed by atoms with Crippen molar-refractivity contribution in [2.75, 3.05) is 13.1 Å². The minimum Gasteiger partial charge on any atom is -0.389 e. The molecule has 0 aliphatic carbocycles. The van der Waals surface area contributed by atoms with Crippen molar-refractivity contribution in [1.82, 2.24) is 4.31 Å². The Kier molecular flexibility index (Phi) is 4.69. The summed E-state index contributed by atoms with van der Waals surface area (Å²) in [6.45, 7) is 3.17. The Labute approximate surface area is 130 Å². The Hall–Kier alpha value is -0.690. The fourth-order valence-electron chi connectivity index (χ4n) is 2.37. The number of piperidine rings is 1. The van der Waals surface area contributed by atoms with E-state index in [1.54, 1.807) is 6.07 Å². The van der Waals surface area contributed by atoms with Gasteiger partial charge in [0.1, 0.15) is 4.99 Å². The van der Waals surface area contributed by atoms with Gasteiger partial charge >= 0.3 is 0 Å². The number of sulfonamides is 1. The van der Waals surface area contributed by atoms with E-state index in [0.717, 1.165) is 12.8 Å². The van der Waals surface area contributed by atoms with Crippen molar-refractivity contribution in [2.45, 2.75) is 24.7 Å². The molecule has 1 unspecified atom stereocenters. The van der Waals surface area contributed by atoms with Gasteiger partial charge < -0.3 is 5.73 Å². The summed E-state index contributed by atoms with van der Waals surface area (Å²) < 4.78 is 26.7. The van der Waals surface area contributed by atoms with Crippen LogP contribution in [0.1, 0.15) is 25.3 Å². The lowest BCUT2D eigenvalue weighted by molar-refractivity contribution is 0.281. The highest BCUT2D eigenvalue weighted by atomic mass is 35.5. The molecule has 1 atom stereocenters. The van der Waals surface area contributed by atoms with E-state index in [2.05, 4.69) is 6.92 Å². The summed E-state index contributed by atoms with van der Waals surface area (Å²) in [6.07, 6.45) is 1.95. The highest BCUT2D eigenvalue weighted by molar-refractivity contribution is 7.89. The molecule has 0 bridgehead atoms. The quantitative estimate of drug-likeness (QED) is 0.863. The lowest BCUT2D eigenvalue weighted by atomic mass is 10.0. The fourth-order valence-corrected chi connectivity index (χ4v) is 4.58. The third kappa shape index (κ3) is 3.14. The molecule has 1 saturated heterocycles. The minimum absolute atomic E-state index is 0.158. The van der Waals surface area contributed by atoms with E-state index in [1.807, 2.05) is 0 Å². The third-order valence-corrected chi connectivity index (χ3v) is 5.86. The van der Waals surface area contributed by atoms with Gasteiger partial charge in [0, 0.05) is 18.7 Å². The summed E-state index contributed by atoms with van der Waals surface area (Å²) in [6, 6.07) is 4.49. The largest absolute Gasteiger partial charge is 0.389 e. The second kappa shape index (κ2) is 5.97. The maximum Gasteiger partial charge on any atom is 0.243 e. The van der Waals surface area contributed by atoms with Gasteiger partial charge in [0.25, 0.3) is 0 Å². The first-order valence-electron chi connectivity index (χ1n) is 6.42. The molecule has 1 aliphatic rings. The molecule has 20 heavy (non-hydrogen) atoms. The van der Waals surface area contributed by atoms with E-state index in [1.165, 1.54) is 16.4 Å². The number of halogens is 1. The van der Waals surface area contributed by atoms with E-state index < -0.39 is 10.0 Å². The maximum atomic E-state index is 12.6. The number of thiocarbonyl (C=S) groups is 1. The molecule has 0 amide bonds. The molecule has 0 saturated carbocycles. The Morgan fingerprint density at radius 3 is 2.75 bits per heavy atom. The van der Waals surface area contributed by atoms with Crippen molar-refractivity contribution >= 4 is 38.8 Å². The summed E-state index contributed by atoms with van der Waals surface area (Å²) in [5.41, 5.74) is 6.02. The van der Waals surface area contributed by atoms with Gasteiger partial charge in [0.2, 0.25) is 10.0 Å². The molecule has 1 aromatic carbocycles. The van der Waals surface area contributed by atoms with Gasteiger partial charge in [-0.1, -0.05) is 30.7 Å². The molecule has 0 spiro atoms. The van der Waals surface area contributed by atoms with Crippen LogP contribution in [0.3, 0.4) is 0 Å². The van der Waals surface area contributed by atoms with Crippen molar-refractivity contribution in [1.29, 1.82) is 0 Å². The van der Waals surface area contributed by atoms with Gasteiger partial charge in [-0.3, -0.25) is 0 Å². The molecule has 0 radical (unpaired) electrons. The van der Waals surface area contributed by atoms with E-state index in [0.29, 0.717) is 24.6 Å². The predicted molar refractivity (Wildman–Crippen MR) is 84.5 cm³/mol. The van der Waals surface area contributed by atoms with Crippen molar-refractivity contribution in [2.24, 2.45) is 11.7 Å². The first kappa shape index (κ1) is 15.7. The molecule has 1 fully saturated rings. The first-order valence-corrected chi connectivity index (χ1v) is 8.64. The topological polar surface area (TPSA) is 63.4 Å². The van der Waals surface area contributed by atoms with Crippen LogP contribution >= 0.6 is 23.8 Å². The van der Waals surface area contributed by atoms with Crippen LogP contribution < -0.4 is 5.73 Å². The van der Waals surface area contributed by atoms with Crippen molar-refractivity contribution in [3.05, 3.63) is 28.8 Å². The number of nitrogens with two attached hydrogens (primary N) is 1. The zero-order valence-corrected chi connectivity index (χ0v) is 13.6. The Balaban J connectivity index is 2.34. The molecule has 1 aliphatic heterocycles. The number of hydrogen-bond donors (Lipinski definition) is 1. The van der Waals surface area contributed by atoms with Gasteiger partial charge in [-0.25, -0.2) is 8.42 Å². The molecule has 0 aromatic heterocycles. The van der Waals surface area contributed by atoms with Gasteiger partial charge in [0.15, 0.2) is 0 Å². The van der Waals surface area contributed by atoms with Gasteiger partial charge in [-0.05, 0) is 37.0 Å². The molecule has 4 nitrogen and oxygen atoms in total. The van der Waals surface area contributed by atoms with E-state index in [4.69, 9.17) is 29.6 Å². The summed E-state index contributed by atoms with van der Waals surface area (Å²) in [5, 5.41) is 0.267. The van der Waals surface area contributed by atoms with Gasteiger partial charge in [-0.2, -0.15) is 4.31 Å². The monoisotopic (exact) mass is 332 g/mol. The SMILES string of the molecule is CC1CCCN(S(=O)(=O)c2ccc(C(N)=S)c(Cl)c2)C1. The Morgan fingerprint density at radius 1 is 1.50 bits per heavy atom. The van der Waals surface area contributed by atoms with Crippen LogP contribution in [-0.2, 0) is 10.0 Å². The highest BCUT2D eigenvalue weighted by Gasteiger charge is 2.29. The number of nitrogens with zero attached hydrogens (tertiary/aromatic N) is 1. The van der Waals surface area contributed by atoms with Crippen LogP contribution in [0.25, 0.3) is 0 Å². The van der Waals surface area contributed by atoms with Crippen molar-refractivity contribution < 1.29 is 8.42 Å². The van der Waals surface area contributed by atoms with Crippen LogP contribution in [0.5, 0.6) is 0 Å². The predicted octanol–water partition coefficient (Wildman–Crippen LogP) is 2.39. The maximum absolute atomic E-state index is 12.6. The van der Waals surface area contributed by atoms with Gasteiger partial charge in [0.05, 0.1) is 9.92 Å². The van der Waals surface area contributed by atoms with Crippen molar-refractivity contribution in [3.63, 3.8) is 0 Å². The first-order chi connectivity index (χ1) is 9.32. The molecule has 1 heterocycles. The minimum atomic E-state index is -3.50. The number of benzene rings is 1. The Morgan fingerprint density at radius 2 is 2.20 bits per heavy atom. The average molecular weight is 333 g/mol. The van der Waals surface area contributed by atoms with Crippen molar-refractivity contribution in [3.8, 4) is 0 Å². The lowest BCUT2D eigenvalue weighted by Gasteiger charge is -2.30. The average Bonchev–Trinajstić information content (AvgIpc) is 2.38. The molecule has 7 heteroatoms. The van der Waals surface area contributed by atoms with Crippen LogP contribution in [0.15, 0.2) is 23.1 Å². The second-order valence-corrected chi connectivity index (χ2v) is 7.90. The Bertz CT molecular complexity index is 631. The fraction of sp³-hybridized carbons (Fsp3) is 0.462. The molecule has 2 rings (SSSR count). The van der Waals surface area contributed by atoms with Crippen LogP contribution in [0.2, 0.25) is 5.02 Å². The molecule has 110 valence electrons. The highest BCUT2D eigenvalue weighted by Crippen LogP contribution is 2.26. The van der Waals surface area contributed by atoms with Crippen LogP contribution in [0.4, 0.5) is 0 Å². The second-order valence-electron chi connectivity index (χ2n) is 5.12. The number of hydrogen-bond acceptors (Lipinski definition) is 3. The van der Waals surface area contributed by atoms with E-state index in [9.17, 15) is 8.42 Å². The summed E-state index contributed by atoms with van der Waals surface area (Å²) >= 11 is 10.9. The molecular weight excluding hydrogens is 316 g/mol. The molecule has 1 aromatic rings. The third-order valence-electron chi connectivity index (χ3n) is 3.46. The molecule has 2 N–H and O–H groups in total. The normalized spacial score (nSPS) is 20.8. The molecular formula is C13H17ClN2O2S2. The zero-order chi connectivity index (χ0) is 14.9. The summed E-state index contributed by atoms with van der Waals surface area (Å²) in [5.74, 6) is 0.380. The smallest absolute Gasteiger partial charge is 0.243 e. The van der Waals surface area contributed by atoms with E-state index >= 15 is 0 Å². The summed E-state index contributed by atoms with van der Waals surface area (Å²) in [7, 11) is -3.50. The van der Waals surface area contributed by atoms with E-state index in [-0.39, 0.29) is 14.9 Å². The summed E-state index contributed by atoms with van der Waals surface area (Å²) in [4.78, 5) is 0.349. The standard InChI is InChI=1S/C13H17ClN2O2S2/c1-9-3-2-6-16(8-9)20(17,18)10-4-5-11(13(15)19)12(14)7-10/h4-5,7,9H,2-3,6,8H2,1H3,(H2,15,19).